The molecule has 3 nitrogen and oxygen atoms in total. The first kappa shape index (κ1) is 15.8. The molecule has 5 rings (SSSR count). The van der Waals surface area contributed by atoms with Gasteiger partial charge in [0.15, 0.2) is 0 Å². The van der Waals surface area contributed by atoms with Crippen molar-refractivity contribution in [2.75, 3.05) is 13.1 Å². The molecule has 0 saturated carbocycles. The van der Waals surface area contributed by atoms with Crippen LogP contribution in [0.5, 0.6) is 0 Å². The Hall–Kier alpha value is -2.46. The van der Waals surface area contributed by atoms with Gasteiger partial charge in [0.05, 0.1) is 5.25 Å². The summed E-state index contributed by atoms with van der Waals surface area (Å²) in [5.41, 5.74) is 5.09. The van der Waals surface area contributed by atoms with Crippen molar-refractivity contribution < 1.29 is 4.79 Å². The number of carbonyl (C=O) groups is 1. The fraction of sp³-hybridized carbons (Fsp3) is 0.227. The van der Waals surface area contributed by atoms with Crippen LogP contribution in [0.2, 0.25) is 0 Å². The van der Waals surface area contributed by atoms with E-state index >= 15 is 0 Å². The number of aromatic amines is 1. The SMILES string of the molecule is O=C([C@H]1Cc2ccccc2S1)N1CC=C(c2c[nH]c3ccccc23)CC1. The van der Waals surface area contributed by atoms with Crippen LogP contribution in [0, 0.1) is 0 Å². The zero-order valence-electron chi connectivity index (χ0n) is 14.4. The van der Waals surface area contributed by atoms with Crippen molar-refractivity contribution in [3.63, 3.8) is 0 Å². The summed E-state index contributed by atoms with van der Waals surface area (Å²) >= 11 is 1.72. The molecule has 2 aliphatic rings. The van der Waals surface area contributed by atoms with Gasteiger partial charge < -0.3 is 9.88 Å². The number of nitrogens with zero attached hydrogens (tertiary/aromatic N) is 1. The molecule has 2 aromatic carbocycles. The van der Waals surface area contributed by atoms with Crippen LogP contribution in [0.3, 0.4) is 0 Å². The lowest BCUT2D eigenvalue weighted by Gasteiger charge is -2.28. The molecule has 3 aromatic rings. The maximum atomic E-state index is 12.9. The minimum atomic E-state index is 0.0374. The van der Waals surface area contributed by atoms with Crippen molar-refractivity contribution >= 4 is 34.1 Å². The maximum Gasteiger partial charge on any atom is 0.236 e. The molecule has 1 N–H and O–H groups in total. The fourth-order valence-electron chi connectivity index (χ4n) is 3.97. The molecule has 4 heteroatoms. The molecule has 26 heavy (non-hydrogen) atoms. The van der Waals surface area contributed by atoms with Crippen LogP contribution in [0.15, 0.2) is 65.7 Å². The lowest BCUT2D eigenvalue weighted by atomic mass is 9.98. The third-order valence-corrected chi connectivity index (χ3v) is 6.68. The largest absolute Gasteiger partial charge is 0.361 e. The van der Waals surface area contributed by atoms with E-state index in [-0.39, 0.29) is 11.2 Å². The number of carbonyl (C=O) groups excluding carboxylic acids is 1. The Kier molecular flexibility index (Phi) is 3.86. The van der Waals surface area contributed by atoms with Gasteiger partial charge in [0, 0.05) is 40.6 Å². The van der Waals surface area contributed by atoms with Crippen LogP contribution in [-0.4, -0.2) is 34.1 Å². The third-order valence-electron chi connectivity index (χ3n) is 5.38. The molecule has 0 saturated heterocycles. The number of para-hydroxylation sites is 1. The van der Waals surface area contributed by atoms with E-state index in [1.54, 1.807) is 11.8 Å². The molecule has 2 aliphatic heterocycles. The molecule has 0 unspecified atom stereocenters. The number of benzene rings is 2. The Morgan fingerprint density at radius 1 is 1.12 bits per heavy atom. The quantitative estimate of drug-likeness (QED) is 0.730. The predicted molar refractivity (Wildman–Crippen MR) is 107 cm³/mol. The number of fused-ring (bicyclic) bond motifs is 2. The van der Waals surface area contributed by atoms with E-state index in [1.807, 2.05) is 4.90 Å². The summed E-state index contributed by atoms with van der Waals surface area (Å²) in [5, 5.41) is 1.30. The number of aromatic nitrogens is 1. The second kappa shape index (κ2) is 6.36. The fourth-order valence-corrected chi connectivity index (χ4v) is 5.25. The minimum Gasteiger partial charge on any atom is -0.361 e. The van der Waals surface area contributed by atoms with Crippen LogP contribution in [0.25, 0.3) is 16.5 Å². The summed E-state index contributed by atoms with van der Waals surface area (Å²) in [7, 11) is 0. The maximum absolute atomic E-state index is 12.9. The number of amides is 1. The summed E-state index contributed by atoms with van der Waals surface area (Å²) in [6, 6.07) is 16.8. The first-order valence-electron chi connectivity index (χ1n) is 9.08. The van der Waals surface area contributed by atoms with E-state index in [0.717, 1.165) is 19.4 Å². The average Bonchev–Trinajstić information content (AvgIpc) is 3.32. The van der Waals surface area contributed by atoms with Crippen LogP contribution in [0.4, 0.5) is 0 Å². The number of H-pyrrole nitrogens is 1. The van der Waals surface area contributed by atoms with Gasteiger partial charge in [0.2, 0.25) is 5.91 Å². The van der Waals surface area contributed by atoms with Crippen LogP contribution in [-0.2, 0) is 11.2 Å². The molecular formula is C22H20N2OS. The molecule has 0 aliphatic carbocycles. The lowest BCUT2D eigenvalue weighted by molar-refractivity contribution is -0.130. The van der Waals surface area contributed by atoms with Gasteiger partial charge in [-0.25, -0.2) is 0 Å². The molecule has 0 radical (unpaired) electrons. The van der Waals surface area contributed by atoms with Gasteiger partial charge in [0.25, 0.3) is 0 Å². The average molecular weight is 360 g/mol. The molecular weight excluding hydrogens is 340 g/mol. The molecule has 3 heterocycles. The molecule has 1 amide bonds. The van der Waals surface area contributed by atoms with Crippen LogP contribution < -0.4 is 0 Å². The zero-order chi connectivity index (χ0) is 17.5. The molecule has 0 spiro atoms. The van der Waals surface area contributed by atoms with E-state index < -0.39 is 0 Å². The Balaban J connectivity index is 1.32. The molecule has 1 atom stereocenters. The Morgan fingerprint density at radius 3 is 2.81 bits per heavy atom. The first-order valence-corrected chi connectivity index (χ1v) is 9.96. The predicted octanol–water partition coefficient (Wildman–Crippen LogP) is 4.50. The number of nitrogens with one attached hydrogen (secondary N) is 1. The highest BCUT2D eigenvalue weighted by atomic mass is 32.2. The van der Waals surface area contributed by atoms with E-state index in [9.17, 15) is 4.79 Å². The summed E-state index contributed by atoms with van der Waals surface area (Å²) in [6.07, 6.45) is 6.09. The van der Waals surface area contributed by atoms with Crippen LogP contribution >= 0.6 is 11.8 Å². The number of thioether (sulfide) groups is 1. The summed E-state index contributed by atoms with van der Waals surface area (Å²) in [4.78, 5) is 19.6. The summed E-state index contributed by atoms with van der Waals surface area (Å²) in [5.74, 6) is 0.278. The van der Waals surface area contributed by atoms with Crippen molar-refractivity contribution in [2.45, 2.75) is 23.0 Å². The Bertz CT molecular complexity index is 995. The van der Waals surface area contributed by atoms with E-state index in [0.29, 0.717) is 6.54 Å². The second-order valence-electron chi connectivity index (χ2n) is 6.93. The van der Waals surface area contributed by atoms with Gasteiger partial charge in [-0.3, -0.25) is 4.79 Å². The topological polar surface area (TPSA) is 36.1 Å². The van der Waals surface area contributed by atoms with Crippen molar-refractivity contribution in [1.29, 1.82) is 0 Å². The van der Waals surface area contributed by atoms with Gasteiger partial charge in [-0.15, -0.1) is 11.8 Å². The van der Waals surface area contributed by atoms with Crippen molar-refractivity contribution in [1.82, 2.24) is 9.88 Å². The molecule has 130 valence electrons. The molecule has 0 bridgehead atoms. The summed E-state index contributed by atoms with van der Waals surface area (Å²) in [6.45, 7) is 1.51. The summed E-state index contributed by atoms with van der Waals surface area (Å²) < 4.78 is 0. The second-order valence-corrected chi connectivity index (χ2v) is 8.17. The van der Waals surface area contributed by atoms with Gasteiger partial charge in [-0.1, -0.05) is 42.5 Å². The lowest BCUT2D eigenvalue weighted by Crippen LogP contribution is -2.40. The monoisotopic (exact) mass is 360 g/mol. The standard InChI is InChI=1S/C22H20N2OS/c25-22(21-13-16-5-1-4-8-20(16)26-21)24-11-9-15(10-12-24)18-14-23-19-7-3-2-6-17(18)19/h1-9,14,21,23H,10-13H2/t21-/m1/s1. The van der Waals surface area contributed by atoms with E-state index in [2.05, 4.69) is 65.8 Å². The normalized spacial score (nSPS) is 19.5. The van der Waals surface area contributed by atoms with Crippen LogP contribution in [0.1, 0.15) is 17.5 Å². The Morgan fingerprint density at radius 2 is 1.96 bits per heavy atom. The van der Waals surface area contributed by atoms with Gasteiger partial charge in [0.1, 0.15) is 0 Å². The highest BCUT2D eigenvalue weighted by Crippen LogP contribution is 2.38. The van der Waals surface area contributed by atoms with E-state index in [1.165, 1.54) is 32.5 Å². The van der Waals surface area contributed by atoms with Gasteiger partial charge in [-0.2, -0.15) is 0 Å². The van der Waals surface area contributed by atoms with Crippen molar-refractivity contribution in [2.24, 2.45) is 0 Å². The van der Waals surface area contributed by atoms with E-state index in [4.69, 9.17) is 0 Å². The first-order chi connectivity index (χ1) is 12.8. The number of hydrogen-bond acceptors (Lipinski definition) is 2. The van der Waals surface area contributed by atoms with Gasteiger partial charge >= 0.3 is 0 Å². The van der Waals surface area contributed by atoms with Crippen molar-refractivity contribution in [3.05, 3.63) is 71.9 Å². The minimum absolute atomic E-state index is 0.0374. The Labute approximate surface area is 157 Å². The number of hydrogen-bond donors (Lipinski definition) is 1. The molecule has 0 fully saturated rings. The zero-order valence-corrected chi connectivity index (χ0v) is 15.3. The number of rotatable bonds is 2. The highest BCUT2D eigenvalue weighted by Gasteiger charge is 2.32. The highest BCUT2D eigenvalue weighted by molar-refractivity contribution is 8.01. The third kappa shape index (κ3) is 2.65. The molecule has 1 aromatic heterocycles. The van der Waals surface area contributed by atoms with Gasteiger partial charge in [-0.05, 0) is 36.1 Å². The smallest absolute Gasteiger partial charge is 0.236 e. The van der Waals surface area contributed by atoms with Crippen molar-refractivity contribution in [3.8, 4) is 0 Å².